The number of nitrogens with one attached hydrogen (secondary N) is 2. The van der Waals surface area contributed by atoms with Gasteiger partial charge in [-0.15, -0.1) is 0 Å². The van der Waals surface area contributed by atoms with Gasteiger partial charge in [-0.2, -0.15) is 13.2 Å². The Balaban J connectivity index is 1.95. The number of fused-ring (bicyclic) bond motifs is 1. The van der Waals surface area contributed by atoms with Crippen LogP contribution in [0, 0.1) is 5.92 Å². The van der Waals surface area contributed by atoms with Gasteiger partial charge in [-0.1, -0.05) is 13.8 Å². The molecular formula is C23H29F3N6O2. The molecule has 0 spiro atoms. The molecule has 1 amide bonds. The first-order chi connectivity index (χ1) is 15.9. The van der Waals surface area contributed by atoms with Gasteiger partial charge in [0.2, 0.25) is 5.91 Å². The van der Waals surface area contributed by atoms with Crippen LogP contribution in [-0.4, -0.2) is 65.7 Å². The van der Waals surface area contributed by atoms with E-state index in [2.05, 4.69) is 15.0 Å². The van der Waals surface area contributed by atoms with Crippen molar-refractivity contribution >= 4 is 16.9 Å². The van der Waals surface area contributed by atoms with Gasteiger partial charge in [0.1, 0.15) is 30.1 Å². The fraction of sp³-hybridized carbons (Fsp3) is 0.435. The average molecular weight is 479 g/mol. The zero-order valence-corrected chi connectivity index (χ0v) is 19.5. The molecule has 184 valence electrons. The second kappa shape index (κ2) is 9.98. The Bertz CT molecular complexity index is 1150. The molecule has 3 heterocycles. The molecule has 1 atom stereocenters. The Morgan fingerprint density at radius 1 is 1.24 bits per heavy atom. The smallest absolute Gasteiger partial charge is 0.405 e. The van der Waals surface area contributed by atoms with Crippen molar-refractivity contribution in [2.45, 2.75) is 25.6 Å². The van der Waals surface area contributed by atoms with Gasteiger partial charge in [-0.05, 0) is 32.1 Å². The van der Waals surface area contributed by atoms with E-state index in [1.807, 2.05) is 30.4 Å². The zero-order chi connectivity index (χ0) is 25.1. The van der Waals surface area contributed by atoms with Crippen molar-refractivity contribution in [1.29, 1.82) is 0 Å². The zero-order valence-electron chi connectivity index (χ0n) is 19.5. The lowest BCUT2D eigenvalue weighted by Crippen LogP contribution is -2.56. The molecule has 8 nitrogen and oxygen atoms in total. The van der Waals surface area contributed by atoms with E-state index in [4.69, 9.17) is 10.5 Å². The average Bonchev–Trinajstić information content (AvgIpc) is 3.19. The van der Waals surface area contributed by atoms with Crippen LogP contribution in [0.2, 0.25) is 0 Å². The fourth-order valence-electron chi connectivity index (χ4n) is 3.51. The molecule has 0 aromatic carbocycles. The van der Waals surface area contributed by atoms with E-state index in [1.165, 1.54) is 6.20 Å². The molecule has 0 aliphatic heterocycles. The van der Waals surface area contributed by atoms with Gasteiger partial charge in [0.25, 0.3) is 0 Å². The van der Waals surface area contributed by atoms with Crippen molar-refractivity contribution in [3.63, 3.8) is 0 Å². The van der Waals surface area contributed by atoms with Crippen molar-refractivity contribution in [2.24, 2.45) is 11.7 Å². The third kappa shape index (κ3) is 5.65. The number of nitrogens with zero attached hydrogens (tertiary/aromatic N) is 3. The first-order valence-electron chi connectivity index (χ1n) is 10.8. The largest absolute Gasteiger partial charge is 0.491 e. The molecule has 3 rings (SSSR count). The highest BCUT2D eigenvalue weighted by Crippen LogP contribution is 2.34. The minimum Gasteiger partial charge on any atom is -0.491 e. The molecule has 0 aliphatic carbocycles. The summed E-state index contributed by atoms with van der Waals surface area (Å²) >= 11 is 0. The van der Waals surface area contributed by atoms with Gasteiger partial charge in [-0.25, -0.2) is 4.98 Å². The summed E-state index contributed by atoms with van der Waals surface area (Å²) in [5, 5.41) is 2.68. The van der Waals surface area contributed by atoms with Gasteiger partial charge >= 0.3 is 6.18 Å². The molecule has 1 unspecified atom stereocenters. The highest BCUT2D eigenvalue weighted by molar-refractivity contribution is 5.95. The topological polar surface area (TPSA) is 109 Å². The quantitative estimate of drug-likeness (QED) is 0.436. The van der Waals surface area contributed by atoms with Crippen molar-refractivity contribution in [3.05, 3.63) is 42.5 Å². The number of amides is 1. The van der Waals surface area contributed by atoms with Crippen LogP contribution in [0.15, 0.2) is 36.9 Å². The number of hydrogen-bond donors (Lipinski definition) is 3. The van der Waals surface area contributed by atoms with Crippen LogP contribution < -0.4 is 15.8 Å². The molecular weight excluding hydrogens is 449 g/mol. The molecule has 11 heteroatoms. The maximum atomic E-state index is 12.8. The van der Waals surface area contributed by atoms with Crippen LogP contribution in [0.25, 0.3) is 22.2 Å². The Morgan fingerprint density at radius 2 is 1.97 bits per heavy atom. The van der Waals surface area contributed by atoms with Crippen LogP contribution in [0.5, 0.6) is 5.75 Å². The van der Waals surface area contributed by atoms with Crippen molar-refractivity contribution in [3.8, 4) is 16.9 Å². The van der Waals surface area contributed by atoms with Gasteiger partial charge in [0.15, 0.2) is 0 Å². The van der Waals surface area contributed by atoms with Crippen molar-refractivity contribution in [2.75, 3.05) is 33.8 Å². The minimum absolute atomic E-state index is 0.306. The lowest BCUT2D eigenvalue weighted by atomic mass is 9.80. The number of H-pyrrole nitrogens is 1. The van der Waals surface area contributed by atoms with Crippen LogP contribution in [-0.2, 0) is 10.3 Å². The highest BCUT2D eigenvalue weighted by atomic mass is 19.4. The number of aromatic nitrogens is 3. The maximum absolute atomic E-state index is 12.8. The number of carbonyl (C=O) groups is 1. The number of ether oxygens (including phenoxy) is 1. The number of alkyl halides is 3. The minimum atomic E-state index is -4.54. The van der Waals surface area contributed by atoms with E-state index in [0.29, 0.717) is 29.1 Å². The number of nitrogens with two attached hydrogens (primary N) is 1. The van der Waals surface area contributed by atoms with Crippen LogP contribution >= 0.6 is 0 Å². The molecule has 3 aromatic heterocycles. The predicted octanol–water partition coefficient (Wildman–Crippen LogP) is 3.05. The molecule has 3 aromatic rings. The van der Waals surface area contributed by atoms with E-state index < -0.39 is 30.1 Å². The molecule has 0 aliphatic rings. The Labute approximate surface area is 195 Å². The first kappa shape index (κ1) is 25.4. The van der Waals surface area contributed by atoms with Crippen LogP contribution in [0.4, 0.5) is 13.2 Å². The Hall–Kier alpha value is -3.18. The van der Waals surface area contributed by atoms with Gasteiger partial charge < -0.3 is 25.7 Å². The molecule has 0 saturated heterocycles. The monoisotopic (exact) mass is 478 g/mol. The summed E-state index contributed by atoms with van der Waals surface area (Å²) in [6, 6.07) is 3.52. The van der Waals surface area contributed by atoms with E-state index in [0.717, 1.165) is 17.5 Å². The van der Waals surface area contributed by atoms with Gasteiger partial charge in [0, 0.05) is 47.2 Å². The van der Waals surface area contributed by atoms with Crippen molar-refractivity contribution in [1.82, 2.24) is 25.2 Å². The normalized spacial score (nSPS) is 13.9. The summed E-state index contributed by atoms with van der Waals surface area (Å²) < 4.78 is 43.8. The standard InChI is InChI=1S/C23H29F3N6O2/c1-14(2)23(27,21(33)31-13-22(24,25)26)16-7-15(9-28-10-16)19-12-30-20-18(19)8-17(11-29-20)34-6-5-32(3)4/h7-12,14H,5-6,13,27H2,1-4H3,(H,29,30)(H,31,33). The predicted molar refractivity (Wildman–Crippen MR) is 123 cm³/mol. The number of pyridine rings is 2. The fourth-order valence-corrected chi connectivity index (χ4v) is 3.51. The summed E-state index contributed by atoms with van der Waals surface area (Å²) in [6.07, 6.45) is 1.83. The molecule has 0 fully saturated rings. The summed E-state index contributed by atoms with van der Waals surface area (Å²) in [5.74, 6) is -0.823. The summed E-state index contributed by atoms with van der Waals surface area (Å²) in [7, 11) is 3.90. The van der Waals surface area contributed by atoms with E-state index in [1.54, 1.807) is 38.5 Å². The second-order valence-corrected chi connectivity index (χ2v) is 8.71. The number of likely N-dealkylation sites (N-methyl/N-ethyl adjacent to an activating group) is 1. The number of halogens is 3. The lowest BCUT2D eigenvalue weighted by molar-refractivity contribution is -0.143. The number of carbonyl (C=O) groups excluding carboxylic acids is 1. The summed E-state index contributed by atoms with van der Waals surface area (Å²) in [5.41, 5.74) is 7.02. The molecule has 0 saturated carbocycles. The van der Waals surface area contributed by atoms with Gasteiger partial charge in [0.05, 0.1) is 6.20 Å². The molecule has 0 radical (unpaired) electrons. The van der Waals surface area contributed by atoms with E-state index >= 15 is 0 Å². The maximum Gasteiger partial charge on any atom is 0.405 e. The summed E-state index contributed by atoms with van der Waals surface area (Å²) in [4.78, 5) is 26.5. The Kier molecular flexibility index (Phi) is 7.47. The highest BCUT2D eigenvalue weighted by Gasteiger charge is 2.41. The third-order valence-electron chi connectivity index (χ3n) is 5.58. The molecule has 34 heavy (non-hydrogen) atoms. The number of aromatic amines is 1. The van der Waals surface area contributed by atoms with Crippen LogP contribution in [0.3, 0.4) is 0 Å². The number of rotatable bonds is 9. The number of hydrogen-bond acceptors (Lipinski definition) is 6. The SMILES string of the molecule is CC(C)C(N)(C(=O)NCC(F)(F)F)c1cncc(-c2c[nH]c3ncc(OCCN(C)C)cc23)c1. The van der Waals surface area contributed by atoms with E-state index in [9.17, 15) is 18.0 Å². The second-order valence-electron chi connectivity index (χ2n) is 8.71. The molecule has 0 bridgehead atoms. The summed E-state index contributed by atoms with van der Waals surface area (Å²) in [6.45, 7) is 3.12. The Morgan fingerprint density at radius 3 is 2.62 bits per heavy atom. The van der Waals surface area contributed by atoms with Gasteiger partial charge in [-0.3, -0.25) is 9.78 Å². The van der Waals surface area contributed by atoms with Crippen LogP contribution in [0.1, 0.15) is 19.4 Å². The lowest BCUT2D eigenvalue weighted by Gasteiger charge is -2.32. The molecule has 4 N–H and O–H groups in total. The first-order valence-corrected chi connectivity index (χ1v) is 10.8. The van der Waals surface area contributed by atoms with Crippen molar-refractivity contribution < 1.29 is 22.7 Å². The van der Waals surface area contributed by atoms with E-state index in [-0.39, 0.29) is 0 Å². The third-order valence-corrected chi connectivity index (χ3v) is 5.58.